The van der Waals surface area contributed by atoms with Gasteiger partial charge in [-0.1, -0.05) is 32.5 Å². The second-order valence-electron chi connectivity index (χ2n) is 7.36. The Morgan fingerprint density at radius 1 is 1.27 bits per heavy atom. The smallest absolute Gasteiger partial charge is 0.191 e. The molecule has 0 aliphatic rings. The van der Waals surface area contributed by atoms with E-state index in [9.17, 15) is 0 Å². The minimum atomic E-state index is 0.0285. The second-order valence-corrected chi connectivity index (χ2v) is 8.67. The van der Waals surface area contributed by atoms with Crippen LogP contribution in [-0.4, -0.2) is 19.5 Å². The Bertz CT molecular complexity index is 1010. The lowest BCUT2D eigenvalue weighted by atomic mass is 9.87. The number of rotatable bonds is 3. The lowest BCUT2D eigenvalue weighted by Crippen LogP contribution is -2.10. The summed E-state index contributed by atoms with van der Waals surface area (Å²) >= 11 is 1.45. The molecule has 3 aromatic rings. The van der Waals surface area contributed by atoms with Crippen molar-refractivity contribution in [2.75, 3.05) is 5.73 Å². The zero-order chi connectivity index (χ0) is 19.1. The van der Waals surface area contributed by atoms with Crippen molar-refractivity contribution in [1.29, 1.82) is 5.26 Å². The molecule has 3 aromatic heterocycles. The molecule has 0 radical (unpaired) electrons. The molecule has 0 saturated heterocycles. The van der Waals surface area contributed by atoms with E-state index in [-0.39, 0.29) is 16.4 Å². The highest BCUT2D eigenvalue weighted by molar-refractivity contribution is 7.99. The number of anilines is 1. The normalized spacial score (nSPS) is 12.9. The van der Waals surface area contributed by atoms with Crippen LogP contribution in [0.25, 0.3) is 10.9 Å². The van der Waals surface area contributed by atoms with Crippen LogP contribution in [0.5, 0.6) is 0 Å². The number of nitrogen functional groups attached to an aromatic ring is 1. The molecule has 1 unspecified atom stereocenters. The molecule has 0 bridgehead atoms. The van der Waals surface area contributed by atoms with Crippen molar-refractivity contribution in [2.24, 2.45) is 7.05 Å². The average molecular weight is 366 g/mol. The van der Waals surface area contributed by atoms with Crippen molar-refractivity contribution in [2.45, 2.75) is 43.5 Å². The van der Waals surface area contributed by atoms with Crippen molar-refractivity contribution in [3.63, 3.8) is 0 Å². The summed E-state index contributed by atoms with van der Waals surface area (Å²) in [7, 11) is 2.04. The minimum absolute atomic E-state index is 0.0285. The molecule has 7 heteroatoms. The van der Waals surface area contributed by atoms with Crippen LogP contribution in [0.4, 0.5) is 5.82 Å². The number of aromatic nitrogens is 4. The van der Waals surface area contributed by atoms with Crippen LogP contribution in [0.2, 0.25) is 0 Å². The van der Waals surface area contributed by atoms with Crippen LogP contribution in [0, 0.1) is 11.3 Å². The molecule has 6 nitrogen and oxygen atoms in total. The van der Waals surface area contributed by atoms with Gasteiger partial charge in [0.1, 0.15) is 17.6 Å². The van der Waals surface area contributed by atoms with Gasteiger partial charge in [0.2, 0.25) is 0 Å². The van der Waals surface area contributed by atoms with Crippen LogP contribution in [0.3, 0.4) is 0 Å². The van der Waals surface area contributed by atoms with Gasteiger partial charge in [-0.15, -0.1) is 0 Å². The molecule has 134 valence electrons. The fourth-order valence-electron chi connectivity index (χ4n) is 2.89. The van der Waals surface area contributed by atoms with E-state index >= 15 is 0 Å². The molecule has 0 aliphatic carbocycles. The average Bonchev–Trinajstić information content (AvgIpc) is 2.91. The first-order chi connectivity index (χ1) is 12.2. The fourth-order valence-corrected chi connectivity index (χ4v) is 3.76. The fraction of sp³-hybridized carbons (Fsp3) is 0.368. The lowest BCUT2D eigenvalue weighted by Gasteiger charge is -2.18. The first-order valence-electron chi connectivity index (χ1n) is 8.36. The summed E-state index contributed by atoms with van der Waals surface area (Å²) in [5, 5.41) is 10.8. The van der Waals surface area contributed by atoms with Gasteiger partial charge in [-0.2, -0.15) is 5.26 Å². The van der Waals surface area contributed by atoms with Gasteiger partial charge in [0, 0.05) is 24.7 Å². The molecule has 0 aliphatic heterocycles. The first-order valence-corrected chi connectivity index (χ1v) is 9.24. The number of fused-ring (bicyclic) bond motifs is 1. The number of thioether (sulfide) groups is 1. The van der Waals surface area contributed by atoms with Crippen molar-refractivity contribution in [1.82, 2.24) is 19.5 Å². The molecule has 2 N–H and O–H groups in total. The Morgan fingerprint density at radius 2 is 2.00 bits per heavy atom. The van der Waals surface area contributed by atoms with E-state index in [1.165, 1.54) is 28.8 Å². The van der Waals surface area contributed by atoms with E-state index < -0.39 is 0 Å². The van der Waals surface area contributed by atoms with Crippen LogP contribution in [-0.2, 0) is 12.5 Å². The van der Waals surface area contributed by atoms with Gasteiger partial charge in [-0.3, -0.25) is 4.98 Å². The summed E-state index contributed by atoms with van der Waals surface area (Å²) < 4.78 is 2.12. The van der Waals surface area contributed by atoms with Crippen molar-refractivity contribution in [3.05, 3.63) is 41.5 Å². The molecule has 0 spiro atoms. The third-order valence-corrected chi connectivity index (χ3v) is 5.23. The molecule has 0 amide bonds. The number of nitrogens with zero attached hydrogens (tertiary/aromatic N) is 5. The Morgan fingerprint density at radius 3 is 2.65 bits per heavy atom. The standard InChI is InChI=1S/C19H22N6S/c1-11(26-18-23-12(8-20)6-17(21)24-18)15-7-13-14(19(2,3)4)10-25(5)16(13)9-22-15/h6-7,9-11H,1-5H3,(H2,21,23,24). The zero-order valence-corrected chi connectivity index (χ0v) is 16.4. The summed E-state index contributed by atoms with van der Waals surface area (Å²) in [5.41, 5.74) is 9.44. The molecule has 26 heavy (non-hydrogen) atoms. The van der Waals surface area contributed by atoms with Gasteiger partial charge < -0.3 is 10.3 Å². The van der Waals surface area contributed by atoms with Gasteiger partial charge >= 0.3 is 0 Å². The van der Waals surface area contributed by atoms with Gasteiger partial charge in [0.05, 0.1) is 22.7 Å². The van der Waals surface area contributed by atoms with E-state index in [4.69, 9.17) is 11.0 Å². The van der Waals surface area contributed by atoms with Gasteiger partial charge in [-0.25, -0.2) is 9.97 Å². The summed E-state index contributed by atoms with van der Waals surface area (Å²) in [5.74, 6) is 0.299. The van der Waals surface area contributed by atoms with E-state index in [1.54, 1.807) is 0 Å². The Kier molecular flexibility index (Phi) is 4.63. The minimum Gasteiger partial charge on any atom is -0.384 e. The molecular weight excluding hydrogens is 344 g/mol. The number of nitrogens with two attached hydrogens (primary N) is 1. The predicted molar refractivity (Wildman–Crippen MR) is 105 cm³/mol. The Balaban J connectivity index is 1.98. The Hall–Kier alpha value is -2.59. The van der Waals surface area contributed by atoms with Crippen molar-refractivity contribution in [3.8, 4) is 6.07 Å². The van der Waals surface area contributed by atoms with Gasteiger partial charge in [0.25, 0.3) is 0 Å². The van der Waals surface area contributed by atoms with E-state index in [1.807, 2.05) is 19.3 Å². The number of aryl methyl sites for hydroxylation is 1. The molecule has 0 aromatic carbocycles. The highest BCUT2D eigenvalue weighted by atomic mass is 32.2. The quantitative estimate of drug-likeness (QED) is 0.557. The van der Waals surface area contributed by atoms with Crippen LogP contribution in [0.1, 0.15) is 49.9 Å². The number of hydrogen-bond acceptors (Lipinski definition) is 6. The predicted octanol–water partition coefficient (Wildman–Crippen LogP) is 3.97. The Labute approximate surface area is 157 Å². The third kappa shape index (κ3) is 3.51. The zero-order valence-electron chi connectivity index (χ0n) is 15.6. The molecule has 1 atom stereocenters. The van der Waals surface area contributed by atoms with Gasteiger partial charge in [-0.05, 0) is 24.0 Å². The third-order valence-electron chi connectivity index (χ3n) is 4.24. The van der Waals surface area contributed by atoms with Crippen LogP contribution in [0.15, 0.2) is 29.7 Å². The highest BCUT2D eigenvalue weighted by Gasteiger charge is 2.21. The van der Waals surface area contributed by atoms with Gasteiger partial charge in [0.15, 0.2) is 5.16 Å². The molecule has 0 fully saturated rings. The SMILES string of the molecule is CC(Sc1nc(N)cc(C#N)n1)c1cc2c(C(C)(C)C)cn(C)c2cn1. The summed E-state index contributed by atoms with van der Waals surface area (Å²) in [6.07, 6.45) is 4.09. The first kappa shape index (κ1) is 18.2. The van der Waals surface area contributed by atoms with E-state index in [0.717, 1.165) is 11.2 Å². The summed E-state index contributed by atoms with van der Waals surface area (Å²) in [4.78, 5) is 13.1. The molecule has 3 heterocycles. The van der Waals surface area contributed by atoms with Crippen LogP contribution < -0.4 is 5.73 Å². The van der Waals surface area contributed by atoms with Crippen molar-refractivity contribution < 1.29 is 0 Å². The maximum atomic E-state index is 9.05. The van der Waals surface area contributed by atoms with Crippen molar-refractivity contribution >= 4 is 28.5 Å². The van der Waals surface area contributed by atoms with E-state index in [2.05, 4.69) is 59.5 Å². The summed E-state index contributed by atoms with van der Waals surface area (Å²) in [6.45, 7) is 8.69. The number of nitriles is 1. The highest BCUT2D eigenvalue weighted by Crippen LogP contribution is 2.36. The summed E-state index contributed by atoms with van der Waals surface area (Å²) in [6, 6.07) is 5.62. The number of pyridine rings is 1. The van der Waals surface area contributed by atoms with Crippen LogP contribution >= 0.6 is 11.8 Å². The number of hydrogen-bond donors (Lipinski definition) is 1. The van der Waals surface area contributed by atoms with E-state index in [0.29, 0.717) is 11.0 Å². The molecule has 3 rings (SSSR count). The molecular formula is C19H22N6S. The molecule has 0 saturated carbocycles. The second kappa shape index (κ2) is 6.61. The topological polar surface area (TPSA) is 93.4 Å². The lowest BCUT2D eigenvalue weighted by molar-refractivity contribution is 0.593. The largest absolute Gasteiger partial charge is 0.384 e. The maximum Gasteiger partial charge on any atom is 0.191 e. The monoisotopic (exact) mass is 366 g/mol. The maximum absolute atomic E-state index is 9.05.